The first-order valence-corrected chi connectivity index (χ1v) is 6.77. The van der Waals surface area contributed by atoms with Crippen molar-refractivity contribution in [3.05, 3.63) is 56.8 Å². The maximum absolute atomic E-state index is 12.3. The molecule has 0 atom stereocenters. The van der Waals surface area contributed by atoms with Crippen molar-refractivity contribution in [3.63, 3.8) is 0 Å². The molecule has 8 nitrogen and oxygen atoms in total. The molecule has 0 radical (unpaired) electrons. The molecule has 2 rings (SSSR count). The van der Waals surface area contributed by atoms with Crippen molar-refractivity contribution in [2.75, 3.05) is 27.2 Å². The maximum Gasteiger partial charge on any atom is 0.328 e. The van der Waals surface area contributed by atoms with Gasteiger partial charge < -0.3 is 19.6 Å². The Bertz CT molecular complexity index is 743. The second kappa shape index (κ2) is 6.90. The number of nitrogens with one attached hydrogen (secondary N) is 2. The van der Waals surface area contributed by atoms with Gasteiger partial charge in [0.15, 0.2) is 0 Å². The number of carbonyl (C=O) groups is 1. The van der Waals surface area contributed by atoms with Crippen molar-refractivity contribution in [3.8, 4) is 0 Å². The van der Waals surface area contributed by atoms with Gasteiger partial charge in [-0.15, -0.1) is 0 Å². The van der Waals surface area contributed by atoms with Crippen LogP contribution in [0.5, 0.6) is 0 Å². The lowest BCUT2D eigenvalue weighted by molar-refractivity contribution is 0.0948. The summed E-state index contributed by atoms with van der Waals surface area (Å²) in [5.74, 6) is -0.0611. The third-order valence-electron chi connectivity index (χ3n) is 3.04. The van der Waals surface area contributed by atoms with Crippen LogP contribution in [0.4, 0.5) is 0 Å². The van der Waals surface area contributed by atoms with Crippen molar-refractivity contribution in [2.24, 2.45) is 0 Å². The molecule has 0 unspecified atom stereocenters. The molecule has 118 valence electrons. The molecule has 8 heteroatoms. The zero-order valence-electron chi connectivity index (χ0n) is 12.5. The highest BCUT2D eigenvalue weighted by molar-refractivity contribution is 5.93. The van der Waals surface area contributed by atoms with E-state index in [1.54, 1.807) is 12.1 Å². The van der Waals surface area contributed by atoms with Crippen LogP contribution in [0.25, 0.3) is 0 Å². The van der Waals surface area contributed by atoms with Gasteiger partial charge in [0.25, 0.3) is 11.5 Å². The lowest BCUT2D eigenvalue weighted by Gasteiger charge is -2.10. The number of amides is 1. The van der Waals surface area contributed by atoms with Crippen LogP contribution in [-0.2, 0) is 6.54 Å². The fourth-order valence-electron chi connectivity index (χ4n) is 1.86. The highest BCUT2D eigenvalue weighted by atomic mass is 16.3. The molecule has 1 amide bonds. The topological polar surface area (TPSA) is 100 Å². The lowest BCUT2D eigenvalue weighted by Crippen LogP contribution is -2.41. The Hall–Kier alpha value is -2.61. The first-order valence-electron chi connectivity index (χ1n) is 6.77. The molecule has 0 saturated heterocycles. The van der Waals surface area contributed by atoms with E-state index in [9.17, 15) is 14.4 Å². The molecule has 0 bridgehead atoms. The third-order valence-corrected chi connectivity index (χ3v) is 3.04. The van der Waals surface area contributed by atoms with Gasteiger partial charge >= 0.3 is 5.69 Å². The largest absolute Gasteiger partial charge is 0.467 e. The number of aromatic amines is 1. The summed E-state index contributed by atoms with van der Waals surface area (Å²) in [5, 5.41) is 2.64. The van der Waals surface area contributed by atoms with Crippen molar-refractivity contribution < 1.29 is 9.21 Å². The van der Waals surface area contributed by atoms with Crippen LogP contribution in [0.15, 0.2) is 38.6 Å². The van der Waals surface area contributed by atoms with E-state index in [1.165, 1.54) is 6.26 Å². The normalized spacial score (nSPS) is 10.9. The SMILES string of the molecule is CN(C)CCNC(=O)c1c[nH]c(=O)n(Cc2ccco2)c1=O. The highest BCUT2D eigenvalue weighted by Crippen LogP contribution is 2.00. The van der Waals surface area contributed by atoms with Crippen molar-refractivity contribution in [1.29, 1.82) is 0 Å². The molecule has 0 aromatic carbocycles. The Kier molecular flexibility index (Phi) is 4.95. The van der Waals surface area contributed by atoms with Crippen molar-refractivity contribution >= 4 is 5.91 Å². The molecule has 0 aliphatic rings. The first kappa shape index (κ1) is 15.8. The zero-order valence-corrected chi connectivity index (χ0v) is 12.5. The summed E-state index contributed by atoms with van der Waals surface area (Å²) in [6, 6.07) is 3.31. The van der Waals surface area contributed by atoms with Crippen LogP contribution < -0.4 is 16.6 Å². The van der Waals surface area contributed by atoms with Crippen LogP contribution in [0, 0.1) is 0 Å². The monoisotopic (exact) mass is 306 g/mol. The Labute approximate surface area is 126 Å². The highest BCUT2D eigenvalue weighted by Gasteiger charge is 2.15. The molecule has 0 fully saturated rings. The van der Waals surface area contributed by atoms with E-state index in [-0.39, 0.29) is 12.1 Å². The van der Waals surface area contributed by atoms with Gasteiger partial charge in [0.05, 0.1) is 12.8 Å². The van der Waals surface area contributed by atoms with E-state index in [0.29, 0.717) is 18.8 Å². The minimum atomic E-state index is -0.650. The standard InChI is InChI=1S/C14H18N4O4/c1-17(2)6-5-15-12(19)11-8-16-14(21)18(13(11)20)9-10-4-3-7-22-10/h3-4,7-8H,5-6,9H2,1-2H3,(H,15,19)(H,16,21). The summed E-state index contributed by atoms with van der Waals surface area (Å²) in [6.45, 7) is 1.03. The number of hydrogen-bond donors (Lipinski definition) is 2. The molecule has 2 aromatic heterocycles. The number of hydrogen-bond acceptors (Lipinski definition) is 5. The third kappa shape index (κ3) is 3.73. The van der Waals surface area contributed by atoms with E-state index in [0.717, 1.165) is 10.8 Å². The van der Waals surface area contributed by atoms with Gasteiger partial charge in [-0.1, -0.05) is 0 Å². The molecule has 0 aliphatic carbocycles. The molecular formula is C14H18N4O4. The number of furan rings is 1. The average molecular weight is 306 g/mol. The van der Waals surface area contributed by atoms with Gasteiger partial charge in [0.1, 0.15) is 11.3 Å². The smallest absolute Gasteiger partial charge is 0.328 e. The quantitative estimate of drug-likeness (QED) is 0.747. The summed E-state index contributed by atoms with van der Waals surface area (Å²) in [4.78, 5) is 40.4. The average Bonchev–Trinajstić information content (AvgIpc) is 2.96. The second-order valence-corrected chi connectivity index (χ2v) is 5.04. The fraction of sp³-hybridized carbons (Fsp3) is 0.357. The number of H-pyrrole nitrogens is 1. The van der Waals surface area contributed by atoms with Crippen LogP contribution in [-0.4, -0.2) is 47.5 Å². The Morgan fingerprint density at radius 2 is 2.18 bits per heavy atom. The summed E-state index contributed by atoms with van der Waals surface area (Å²) in [5.41, 5.74) is -1.35. The summed E-state index contributed by atoms with van der Waals surface area (Å²) < 4.78 is 6.05. The first-order chi connectivity index (χ1) is 10.5. The number of carbonyl (C=O) groups excluding carboxylic acids is 1. The molecule has 0 saturated carbocycles. The molecular weight excluding hydrogens is 288 g/mol. The maximum atomic E-state index is 12.3. The van der Waals surface area contributed by atoms with Crippen LogP contribution in [0.1, 0.15) is 16.1 Å². The Morgan fingerprint density at radius 3 is 2.82 bits per heavy atom. The summed E-state index contributed by atoms with van der Waals surface area (Å²) in [6.07, 6.45) is 2.58. The van der Waals surface area contributed by atoms with Crippen LogP contribution in [0.3, 0.4) is 0 Å². The van der Waals surface area contributed by atoms with Gasteiger partial charge in [-0.05, 0) is 26.2 Å². The van der Waals surface area contributed by atoms with Gasteiger partial charge in [-0.2, -0.15) is 0 Å². The van der Waals surface area contributed by atoms with Gasteiger partial charge in [0, 0.05) is 19.3 Å². The minimum absolute atomic E-state index is 0.0278. The minimum Gasteiger partial charge on any atom is -0.467 e. The molecule has 2 N–H and O–H groups in total. The van der Waals surface area contributed by atoms with E-state index >= 15 is 0 Å². The molecule has 2 heterocycles. The molecule has 22 heavy (non-hydrogen) atoms. The van der Waals surface area contributed by atoms with E-state index in [4.69, 9.17) is 4.42 Å². The summed E-state index contributed by atoms with van der Waals surface area (Å²) >= 11 is 0. The molecule has 0 aliphatic heterocycles. The number of likely N-dealkylation sites (N-methyl/N-ethyl adjacent to an activating group) is 1. The van der Waals surface area contributed by atoms with Crippen molar-refractivity contribution in [2.45, 2.75) is 6.54 Å². The molecule has 2 aromatic rings. The van der Waals surface area contributed by atoms with Gasteiger partial charge in [0.2, 0.25) is 0 Å². The van der Waals surface area contributed by atoms with E-state index in [1.807, 2.05) is 19.0 Å². The van der Waals surface area contributed by atoms with E-state index < -0.39 is 17.2 Å². The van der Waals surface area contributed by atoms with Gasteiger partial charge in [-0.3, -0.25) is 14.2 Å². The van der Waals surface area contributed by atoms with Crippen molar-refractivity contribution in [1.82, 2.24) is 19.8 Å². The predicted octanol–water partition coefficient (Wildman–Crippen LogP) is -0.531. The Morgan fingerprint density at radius 1 is 1.41 bits per heavy atom. The summed E-state index contributed by atoms with van der Waals surface area (Å²) in [7, 11) is 3.75. The number of aromatic nitrogens is 2. The molecule has 0 spiro atoms. The fourth-order valence-corrected chi connectivity index (χ4v) is 1.86. The van der Waals surface area contributed by atoms with Crippen LogP contribution in [0.2, 0.25) is 0 Å². The van der Waals surface area contributed by atoms with E-state index in [2.05, 4.69) is 10.3 Å². The second-order valence-electron chi connectivity index (χ2n) is 5.04. The lowest BCUT2D eigenvalue weighted by atomic mass is 10.3. The number of rotatable bonds is 6. The Balaban J connectivity index is 2.21. The van der Waals surface area contributed by atoms with Crippen LogP contribution >= 0.6 is 0 Å². The van der Waals surface area contributed by atoms with Gasteiger partial charge in [-0.25, -0.2) is 4.79 Å². The number of nitrogens with zero attached hydrogens (tertiary/aromatic N) is 2. The predicted molar refractivity (Wildman–Crippen MR) is 80.0 cm³/mol. The zero-order chi connectivity index (χ0) is 16.1.